The first kappa shape index (κ1) is 13.8. The lowest BCUT2D eigenvalue weighted by Gasteiger charge is -2.32. The summed E-state index contributed by atoms with van der Waals surface area (Å²) in [5, 5.41) is 0. The van der Waals surface area contributed by atoms with Gasteiger partial charge in [-0.05, 0) is 57.2 Å². The number of halogens is 1. The fourth-order valence-corrected chi connectivity index (χ4v) is 2.92. The van der Waals surface area contributed by atoms with E-state index < -0.39 is 0 Å². The number of benzene rings is 1. The Morgan fingerprint density at radius 2 is 2.00 bits per heavy atom. The lowest BCUT2D eigenvalue weighted by atomic mass is 10.1. The molecular formula is C14H22BrN3. The Morgan fingerprint density at radius 3 is 2.67 bits per heavy atom. The SMILES string of the molecule is CN1CCCN(c2ccc(Br)cc2)C(CCN)C1. The van der Waals surface area contributed by atoms with Crippen LogP contribution in [0.15, 0.2) is 28.7 Å². The lowest BCUT2D eigenvalue weighted by Crippen LogP contribution is -2.41. The summed E-state index contributed by atoms with van der Waals surface area (Å²) in [6.45, 7) is 4.16. The molecule has 1 atom stereocenters. The quantitative estimate of drug-likeness (QED) is 0.930. The maximum Gasteiger partial charge on any atom is 0.0428 e. The minimum absolute atomic E-state index is 0.531. The zero-order valence-electron chi connectivity index (χ0n) is 11.0. The van der Waals surface area contributed by atoms with Gasteiger partial charge >= 0.3 is 0 Å². The van der Waals surface area contributed by atoms with Gasteiger partial charge < -0.3 is 15.5 Å². The van der Waals surface area contributed by atoms with Crippen molar-refractivity contribution in [3.8, 4) is 0 Å². The molecule has 3 nitrogen and oxygen atoms in total. The van der Waals surface area contributed by atoms with Crippen LogP contribution in [0.25, 0.3) is 0 Å². The second-order valence-electron chi connectivity index (χ2n) is 5.02. The molecule has 1 aromatic rings. The van der Waals surface area contributed by atoms with Crippen molar-refractivity contribution < 1.29 is 0 Å². The standard InChI is InChI=1S/C14H22BrN3/c1-17-9-2-10-18(14(11-17)7-8-16)13-5-3-12(15)4-6-13/h3-6,14H,2,7-11,16H2,1H3. The second kappa shape index (κ2) is 6.55. The fraction of sp³-hybridized carbons (Fsp3) is 0.571. The Bertz CT molecular complexity index is 366. The average molecular weight is 312 g/mol. The van der Waals surface area contributed by atoms with E-state index in [1.54, 1.807) is 0 Å². The second-order valence-corrected chi connectivity index (χ2v) is 5.93. The van der Waals surface area contributed by atoms with Crippen molar-refractivity contribution >= 4 is 21.6 Å². The van der Waals surface area contributed by atoms with Gasteiger partial charge in [0.2, 0.25) is 0 Å². The number of likely N-dealkylation sites (N-methyl/N-ethyl adjacent to an activating group) is 1. The fourth-order valence-electron chi connectivity index (χ4n) is 2.66. The van der Waals surface area contributed by atoms with E-state index in [9.17, 15) is 0 Å². The molecule has 4 heteroatoms. The van der Waals surface area contributed by atoms with Crippen LogP contribution in [0.2, 0.25) is 0 Å². The highest BCUT2D eigenvalue weighted by molar-refractivity contribution is 9.10. The normalized spacial score (nSPS) is 21.9. The van der Waals surface area contributed by atoms with Crippen LogP contribution >= 0.6 is 15.9 Å². The first-order chi connectivity index (χ1) is 8.70. The number of anilines is 1. The highest BCUT2D eigenvalue weighted by Gasteiger charge is 2.22. The lowest BCUT2D eigenvalue weighted by molar-refractivity contribution is 0.326. The molecule has 0 saturated carbocycles. The molecule has 2 rings (SSSR count). The molecule has 1 aliphatic heterocycles. The van der Waals surface area contributed by atoms with Gasteiger partial charge in [-0.25, -0.2) is 0 Å². The zero-order chi connectivity index (χ0) is 13.0. The summed E-state index contributed by atoms with van der Waals surface area (Å²) < 4.78 is 1.13. The van der Waals surface area contributed by atoms with Crippen LogP contribution < -0.4 is 10.6 Å². The van der Waals surface area contributed by atoms with Gasteiger partial charge in [-0.2, -0.15) is 0 Å². The van der Waals surface area contributed by atoms with E-state index >= 15 is 0 Å². The summed E-state index contributed by atoms with van der Waals surface area (Å²) >= 11 is 3.49. The summed E-state index contributed by atoms with van der Waals surface area (Å²) in [4.78, 5) is 4.93. The van der Waals surface area contributed by atoms with Gasteiger partial charge in [0.1, 0.15) is 0 Å². The smallest absolute Gasteiger partial charge is 0.0428 e. The number of hydrogen-bond acceptors (Lipinski definition) is 3. The molecule has 1 unspecified atom stereocenters. The van der Waals surface area contributed by atoms with Crippen LogP contribution in [0.5, 0.6) is 0 Å². The van der Waals surface area contributed by atoms with E-state index in [0.717, 1.165) is 30.5 Å². The first-order valence-electron chi connectivity index (χ1n) is 6.61. The van der Waals surface area contributed by atoms with Gasteiger partial charge in [0.15, 0.2) is 0 Å². The maximum absolute atomic E-state index is 5.77. The molecule has 0 spiro atoms. The molecule has 100 valence electrons. The Hall–Kier alpha value is -0.580. The summed E-state index contributed by atoms with van der Waals surface area (Å²) in [5.41, 5.74) is 7.08. The third-order valence-electron chi connectivity index (χ3n) is 3.56. The van der Waals surface area contributed by atoms with E-state index in [2.05, 4.69) is 57.0 Å². The minimum Gasteiger partial charge on any atom is -0.367 e. The highest BCUT2D eigenvalue weighted by Crippen LogP contribution is 2.23. The molecule has 1 heterocycles. The number of hydrogen-bond donors (Lipinski definition) is 1. The predicted molar refractivity (Wildman–Crippen MR) is 81.1 cm³/mol. The molecule has 0 amide bonds. The summed E-state index contributed by atoms with van der Waals surface area (Å²) in [6, 6.07) is 9.15. The Labute approximate surface area is 118 Å². The third-order valence-corrected chi connectivity index (χ3v) is 4.09. The molecule has 2 N–H and O–H groups in total. The topological polar surface area (TPSA) is 32.5 Å². The minimum atomic E-state index is 0.531. The van der Waals surface area contributed by atoms with E-state index in [1.807, 2.05) is 0 Å². The van der Waals surface area contributed by atoms with E-state index in [1.165, 1.54) is 18.7 Å². The number of nitrogens with two attached hydrogens (primary N) is 1. The molecule has 0 bridgehead atoms. The molecule has 1 fully saturated rings. The molecule has 1 aromatic carbocycles. The zero-order valence-corrected chi connectivity index (χ0v) is 12.6. The molecule has 1 saturated heterocycles. The average Bonchev–Trinajstić information content (AvgIpc) is 2.53. The van der Waals surface area contributed by atoms with Crippen LogP contribution in [0, 0.1) is 0 Å². The van der Waals surface area contributed by atoms with E-state index in [0.29, 0.717) is 6.04 Å². The summed E-state index contributed by atoms with van der Waals surface area (Å²) in [5.74, 6) is 0. The van der Waals surface area contributed by atoms with Crippen LogP contribution in [0.3, 0.4) is 0 Å². The maximum atomic E-state index is 5.77. The van der Waals surface area contributed by atoms with Crippen LogP contribution in [-0.4, -0.2) is 44.2 Å². The van der Waals surface area contributed by atoms with E-state index in [-0.39, 0.29) is 0 Å². The third kappa shape index (κ3) is 3.46. The van der Waals surface area contributed by atoms with Crippen LogP contribution in [0.1, 0.15) is 12.8 Å². The van der Waals surface area contributed by atoms with Gasteiger partial charge in [-0.15, -0.1) is 0 Å². The molecule has 0 aromatic heterocycles. The molecular weight excluding hydrogens is 290 g/mol. The van der Waals surface area contributed by atoms with Gasteiger partial charge in [0, 0.05) is 29.3 Å². The van der Waals surface area contributed by atoms with Crippen molar-refractivity contribution in [1.29, 1.82) is 0 Å². The van der Waals surface area contributed by atoms with Crippen molar-refractivity contribution in [3.05, 3.63) is 28.7 Å². The van der Waals surface area contributed by atoms with Crippen molar-refractivity contribution in [2.24, 2.45) is 5.73 Å². The largest absolute Gasteiger partial charge is 0.367 e. The van der Waals surface area contributed by atoms with Gasteiger partial charge in [-0.1, -0.05) is 15.9 Å². The summed E-state index contributed by atoms with van der Waals surface area (Å²) in [7, 11) is 2.20. The number of nitrogens with zero attached hydrogens (tertiary/aromatic N) is 2. The summed E-state index contributed by atoms with van der Waals surface area (Å²) in [6.07, 6.45) is 2.27. The molecule has 0 radical (unpaired) electrons. The highest BCUT2D eigenvalue weighted by atomic mass is 79.9. The Balaban J connectivity index is 2.18. The van der Waals surface area contributed by atoms with Crippen molar-refractivity contribution in [3.63, 3.8) is 0 Å². The van der Waals surface area contributed by atoms with Crippen molar-refractivity contribution in [1.82, 2.24) is 4.90 Å². The van der Waals surface area contributed by atoms with Gasteiger partial charge in [0.05, 0.1) is 0 Å². The van der Waals surface area contributed by atoms with E-state index in [4.69, 9.17) is 5.73 Å². The Morgan fingerprint density at radius 1 is 1.28 bits per heavy atom. The first-order valence-corrected chi connectivity index (χ1v) is 7.41. The van der Waals surface area contributed by atoms with Crippen molar-refractivity contribution in [2.45, 2.75) is 18.9 Å². The monoisotopic (exact) mass is 311 g/mol. The molecule has 1 aliphatic rings. The molecule has 18 heavy (non-hydrogen) atoms. The van der Waals surface area contributed by atoms with Crippen molar-refractivity contribution in [2.75, 3.05) is 38.1 Å². The molecule has 0 aliphatic carbocycles. The van der Waals surface area contributed by atoms with Gasteiger partial charge in [-0.3, -0.25) is 0 Å². The van der Waals surface area contributed by atoms with Crippen LogP contribution in [-0.2, 0) is 0 Å². The number of rotatable bonds is 3. The van der Waals surface area contributed by atoms with Crippen LogP contribution in [0.4, 0.5) is 5.69 Å². The predicted octanol–water partition coefficient (Wildman–Crippen LogP) is 2.31. The Kier molecular flexibility index (Phi) is 5.03. The van der Waals surface area contributed by atoms with Gasteiger partial charge in [0.25, 0.3) is 0 Å².